The molecule has 0 aliphatic carbocycles. The lowest BCUT2D eigenvalue weighted by atomic mass is 9.95. The molecule has 5 aromatic rings. The molecule has 0 unspecified atom stereocenters. The van der Waals surface area contributed by atoms with Crippen molar-refractivity contribution in [1.29, 1.82) is 0 Å². The maximum Gasteiger partial charge on any atom is 0.253 e. The summed E-state index contributed by atoms with van der Waals surface area (Å²) in [5.74, 6) is -0.872. The predicted octanol–water partition coefficient (Wildman–Crippen LogP) is 5.49. The van der Waals surface area contributed by atoms with Crippen LogP contribution >= 0.6 is 0 Å². The highest BCUT2D eigenvalue weighted by atomic mass is 16.2. The molecule has 166 valence electrons. The number of hydrogen-bond donors (Lipinski definition) is 2. The molecule has 0 radical (unpaired) electrons. The lowest BCUT2D eigenvalue weighted by Gasteiger charge is -2.18. The fourth-order valence-corrected chi connectivity index (χ4v) is 4.41. The van der Waals surface area contributed by atoms with E-state index in [1.165, 1.54) is 0 Å². The van der Waals surface area contributed by atoms with Crippen LogP contribution in [0.2, 0.25) is 0 Å². The number of nitrogens with two attached hydrogens (primary N) is 1. The second-order valence-corrected chi connectivity index (χ2v) is 8.39. The summed E-state index contributed by atoms with van der Waals surface area (Å²) in [5, 5.41) is 6.52. The Morgan fingerprint density at radius 1 is 0.676 bits per heavy atom. The van der Waals surface area contributed by atoms with Gasteiger partial charge in [-0.25, -0.2) is 0 Å². The van der Waals surface area contributed by atoms with E-state index in [1.807, 2.05) is 91.0 Å². The van der Waals surface area contributed by atoms with Crippen LogP contribution in [-0.4, -0.2) is 17.9 Å². The van der Waals surface area contributed by atoms with E-state index in [-0.39, 0.29) is 5.91 Å². The fourth-order valence-electron chi connectivity index (χ4n) is 4.41. The van der Waals surface area contributed by atoms with Crippen molar-refractivity contribution in [2.75, 3.05) is 0 Å². The van der Waals surface area contributed by atoms with Crippen LogP contribution in [0.5, 0.6) is 0 Å². The van der Waals surface area contributed by atoms with E-state index in [2.05, 4.69) is 23.5 Å². The predicted molar refractivity (Wildman–Crippen MR) is 137 cm³/mol. The number of fused-ring (bicyclic) bond motifs is 2. The van der Waals surface area contributed by atoms with E-state index in [0.717, 1.165) is 38.2 Å². The van der Waals surface area contributed by atoms with Crippen LogP contribution in [0.4, 0.5) is 0 Å². The molecule has 0 aromatic heterocycles. The van der Waals surface area contributed by atoms with E-state index in [0.29, 0.717) is 12.0 Å². The highest BCUT2D eigenvalue weighted by molar-refractivity contribution is 6.18. The molecular weight excluding hydrogens is 420 g/mol. The number of amides is 2. The van der Waals surface area contributed by atoms with Gasteiger partial charge >= 0.3 is 0 Å². The number of carbonyl (C=O) groups is 2. The molecule has 0 aliphatic rings. The summed E-state index contributed by atoms with van der Waals surface area (Å²) in [6, 6.07) is 34.8. The Morgan fingerprint density at radius 3 is 1.79 bits per heavy atom. The summed E-state index contributed by atoms with van der Waals surface area (Å²) in [7, 11) is 0. The van der Waals surface area contributed by atoms with Crippen molar-refractivity contribution < 1.29 is 9.59 Å². The van der Waals surface area contributed by atoms with Crippen molar-refractivity contribution in [3.8, 4) is 11.1 Å². The van der Waals surface area contributed by atoms with Gasteiger partial charge in [-0.1, -0.05) is 103 Å². The fraction of sp³-hybridized carbons (Fsp3) is 0.0667. The molecule has 0 fully saturated rings. The molecule has 0 aliphatic heterocycles. The lowest BCUT2D eigenvalue weighted by molar-refractivity contribution is -0.119. The summed E-state index contributed by atoms with van der Waals surface area (Å²) in [6.07, 6.45) is 0.318. The van der Waals surface area contributed by atoms with E-state index >= 15 is 0 Å². The molecule has 2 amide bonds. The smallest absolute Gasteiger partial charge is 0.253 e. The van der Waals surface area contributed by atoms with E-state index < -0.39 is 11.9 Å². The molecule has 0 saturated heterocycles. The van der Waals surface area contributed by atoms with Crippen LogP contribution in [0.3, 0.4) is 0 Å². The van der Waals surface area contributed by atoms with Crippen LogP contribution in [-0.2, 0) is 11.2 Å². The average Bonchev–Trinajstić information content (AvgIpc) is 2.87. The van der Waals surface area contributed by atoms with Crippen molar-refractivity contribution in [1.82, 2.24) is 5.32 Å². The zero-order chi connectivity index (χ0) is 23.5. The van der Waals surface area contributed by atoms with E-state index in [1.54, 1.807) is 0 Å². The van der Waals surface area contributed by atoms with Crippen LogP contribution in [0.1, 0.15) is 15.9 Å². The topological polar surface area (TPSA) is 72.2 Å². The van der Waals surface area contributed by atoms with Crippen molar-refractivity contribution in [3.05, 3.63) is 120 Å². The lowest BCUT2D eigenvalue weighted by Crippen LogP contribution is -2.46. The minimum atomic E-state index is -0.826. The Labute approximate surface area is 198 Å². The van der Waals surface area contributed by atoms with Gasteiger partial charge in [0.2, 0.25) is 5.91 Å². The number of carbonyl (C=O) groups excluding carboxylic acids is 2. The first-order valence-corrected chi connectivity index (χ1v) is 11.3. The maximum atomic E-state index is 13.5. The first-order valence-electron chi connectivity index (χ1n) is 11.3. The van der Waals surface area contributed by atoms with Crippen LogP contribution < -0.4 is 11.1 Å². The monoisotopic (exact) mass is 444 g/mol. The summed E-state index contributed by atoms with van der Waals surface area (Å²) in [4.78, 5) is 25.8. The molecule has 4 heteroatoms. The van der Waals surface area contributed by atoms with Crippen LogP contribution in [0.15, 0.2) is 109 Å². The zero-order valence-corrected chi connectivity index (χ0v) is 18.6. The molecule has 5 rings (SSSR count). The summed E-state index contributed by atoms with van der Waals surface area (Å²) >= 11 is 0. The van der Waals surface area contributed by atoms with Gasteiger partial charge in [0.05, 0.1) is 5.56 Å². The SMILES string of the molecule is NC(=O)[C@@H](Cc1ccc(-c2ccccc2)cc1)NC(=O)c1c2ccccc2cc2ccccc12. The molecule has 5 aromatic carbocycles. The highest BCUT2D eigenvalue weighted by Gasteiger charge is 2.22. The third-order valence-electron chi connectivity index (χ3n) is 6.15. The molecule has 34 heavy (non-hydrogen) atoms. The van der Waals surface area contributed by atoms with Gasteiger partial charge in [-0.05, 0) is 44.3 Å². The minimum Gasteiger partial charge on any atom is -0.368 e. The Balaban J connectivity index is 1.44. The molecule has 1 atom stereocenters. The van der Waals surface area contributed by atoms with Crippen LogP contribution in [0.25, 0.3) is 32.7 Å². The molecule has 0 bridgehead atoms. The zero-order valence-electron chi connectivity index (χ0n) is 18.6. The van der Waals surface area contributed by atoms with Gasteiger partial charge in [-0.3, -0.25) is 9.59 Å². The second kappa shape index (κ2) is 9.20. The maximum absolute atomic E-state index is 13.5. The third kappa shape index (κ3) is 4.26. The van der Waals surface area contributed by atoms with Gasteiger partial charge in [0.1, 0.15) is 6.04 Å². The molecular formula is C30H24N2O2. The summed E-state index contributed by atoms with van der Waals surface area (Å²) in [6.45, 7) is 0. The number of nitrogens with one attached hydrogen (secondary N) is 1. The molecule has 4 nitrogen and oxygen atoms in total. The summed E-state index contributed by atoms with van der Waals surface area (Å²) < 4.78 is 0. The molecule has 0 saturated carbocycles. The normalized spacial score (nSPS) is 11.9. The first kappa shape index (κ1) is 21.4. The van der Waals surface area contributed by atoms with Gasteiger partial charge in [0.25, 0.3) is 5.91 Å². The van der Waals surface area contributed by atoms with Gasteiger partial charge in [0.15, 0.2) is 0 Å². The van der Waals surface area contributed by atoms with Crippen molar-refractivity contribution in [2.45, 2.75) is 12.5 Å². The highest BCUT2D eigenvalue weighted by Crippen LogP contribution is 2.28. The minimum absolute atomic E-state index is 0.308. The Kier molecular flexibility index (Phi) is 5.79. The standard InChI is InChI=1S/C30H24N2O2/c31-29(33)27(18-20-14-16-22(17-15-20)21-8-2-1-3-9-21)32-30(34)28-25-12-6-4-10-23(25)19-24-11-5-7-13-26(24)28/h1-17,19,27H,18H2,(H2,31,33)(H,32,34)/t27-/m1/s1. The third-order valence-corrected chi connectivity index (χ3v) is 6.15. The Hall–Kier alpha value is -4.44. The van der Waals surface area contributed by atoms with E-state index in [9.17, 15) is 9.59 Å². The number of rotatable bonds is 6. The average molecular weight is 445 g/mol. The Morgan fingerprint density at radius 2 is 1.21 bits per heavy atom. The largest absolute Gasteiger partial charge is 0.368 e. The number of benzene rings is 5. The van der Waals surface area contributed by atoms with Crippen molar-refractivity contribution in [3.63, 3.8) is 0 Å². The Bertz CT molecular complexity index is 1440. The molecule has 0 heterocycles. The first-order chi connectivity index (χ1) is 16.6. The summed E-state index contributed by atoms with van der Waals surface area (Å²) in [5.41, 5.74) is 9.39. The van der Waals surface area contributed by atoms with E-state index in [4.69, 9.17) is 5.73 Å². The van der Waals surface area contributed by atoms with Gasteiger partial charge in [-0.15, -0.1) is 0 Å². The molecule has 0 spiro atoms. The number of hydrogen-bond acceptors (Lipinski definition) is 2. The van der Waals surface area contributed by atoms with Gasteiger partial charge in [0, 0.05) is 6.42 Å². The van der Waals surface area contributed by atoms with Crippen molar-refractivity contribution >= 4 is 33.4 Å². The molecule has 3 N–H and O–H groups in total. The second-order valence-electron chi connectivity index (χ2n) is 8.39. The van der Waals surface area contributed by atoms with Crippen LogP contribution in [0, 0.1) is 0 Å². The number of primary amides is 1. The van der Waals surface area contributed by atoms with Crippen molar-refractivity contribution in [2.24, 2.45) is 5.73 Å². The van der Waals surface area contributed by atoms with Gasteiger partial charge in [-0.2, -0.15) is 0 Å². The quantitative estimate of drug-likeness (QED) is 0.340. The van der Waals surface area contributed by atoms with Gasteiger partial charge < -0.3 is 11.1 Å².